The summed E-state index contributed by atoms with van der Waals surface area (Å²) in [7, 11) is 0. The Morgan fingerprint density at radius 3 is 3.12 bits per heavy atom. The van der Waals surface area contributed by atoms with Gasteiger partial charge in [-0.15, -0.1) is 0 Å². The average molecular weight is 235 g/mol. The molecule has 1 heterocycles. The maximum absolute atomic E-state index is 9.38. The van der Waals surface area contributed by atoms with Crippen LogP contribution in [-0.4, -0.2) is 17.8 Å². The summed E-state index contributed by atoms with van der Waals surface area (Å²) in [6.07, 6.45) is 3.68. The van der Waals surface area contributed by atoms with E-state index in [-0.39, 0.29) is 11.8 Å². The minimum absolute atomic E-state index is 0.262. The minimum Gasteiger partial charge on any atom is -0.508 e. The van der Waals surface area contributed by atoms with Gasteiger partial charge in [-0.25, -0.2) is 0 Å². The molecule has 0 aromatic heterocycles. The maximum atomic E-state index is 9.38. The van der Waals surface area contributed by atoms with E-state index < -0.39 is 0 Å². The molecular formula is C14H21NO2. The Hall–Kier alpha value is -1.22. The van der Waals surface area contributed by atoms with E-state index in [4.69, 9.17) is 4.74 Å². The number of hydrogen-bond acceptors (Lipinski definition) is 3. The molecule has 3 heteroatoms. The van der Waals surface area contributed by atoms with Crippen molar-refractivity contribution in [1.29, 1.82) is 0 Å². The highest BCUT2D eigenvalue weighted by Gasteiger charge is 2.25. The molecular weight excluding hydrogens is 214 g/mol. The lowest BCUT2D eigenvalue weighted by molar-refractivity contribution is 0.295. The van der Waals surface area contributed by atoms with Crippen LogP contribution < -0.4 is 10.1 Å². The minimum atomic E-state index is 0.262. The van der Waals surface area contributed by atoms with Crippen LogP contribution in [0.1, 0.15) is 44.7 Å². The second-order valence-corrected chi connectivity index (χ2v) is 4.80. The predicted molar refractivity (Wildman–Crippen MR) is 68.5 cm³/mol. The third kappa shape index (κ3) is 2.91. The zero-order valence-electron chi connectivity index (χ0n) is 10.6. The van der Waals surface area contributed by atoms with Crippen LogP contribution in [-0.2, 0) is 0 Å². The molecule has 0 saturated carbocycles. The molecule has 0 radical (unpaired) electrons. The van der Waals surface area contributed by atoms with Crippen LogP contribution in [0.5, 0.6) is 11.5 Å². The van der Waals surface area contributed by atoms with Crippen molar-refractivity contribution in [2.75, 3.05) is 6.61 Å². The third-order valence-corrected chi connectivity index (χ3v) is 3.25. The number of aromatic hydroxyl groups is 1. The third-order valence-electron chi connectivity index (χ3n) is 3.25. The summed E-state index contributed by atoms with van der Waals surface area (Å²) in [6, 6.07) is 6.12. The first-order chi connectivity index (χ1) is 8.20. The lowest BCUT2D eigenvalue weighted by atomic mass is 10.1. The number of phenolic OH excluding ortho intramolecular Hbond substituents is 1. The van der Waals surface area contributed by atoms with Crippen molar-refractivity contribution < 1.29 is 9.84 Å². The molecule has 0 amide bonds. The van der Waals surface area contributed by atoms with E-state index in [1.54, 1.807) is 12.1 Å². The van der Waals surface area contributed by atoms with Crippen molar-refractivity contribution >= 4 is 0 Å². The van der Waals surface area contributed by atoms with Gasteiger partial charge in [0.25, 0.3) is 0 Å². The Labute approximate surface area is 103 Å². The first-order valence-electron chi connectivity index (χ1n) is 6.42. The summed E-state index contributed by atoms with van der Waals surface area (Å²) in [5, 5.41) is 13.0. The summed E-state index contributed by atoms with van der Waals surface area (Å²) in [5.74, 6) is 1.08. The van der Waals surface area contributed by atoms with Crippen molar-refractivity contribution in [3.63, 3.8) is 0 Å². The smallest absolute Gasteiger partial charge is 0.127 e. The molecule has 1 aromatic rings. The van der Waals surface area contributed by atoms with E-state index in [1.807, 2.05) is 6.07 Å². The molecule has 0 bridgehead atoms. The predicted octanol–water partition coefficient (Wildman–Crippen LogP) is 2.99. The number of nitrogens with one attached hydrogen (secondary N) is 1. The molecule has 0 fully saturated rings. The fraction of sp³-hybridized carbons (Fsp3) is 0.571. The molecule has 3 nitrogen and oxygen atoms in total. The number of phenols is 1. The largest absolute Gasteiger partial charge is 0.508 e. The van der Waals surface area contributed by atoms with Gasteiger partial charge in [0.05, 0.1) is 6.04 Å². The van der Waals surface area contributed by atoms with E-state index in [9.17, 15) is 5.11 Å². The van der Waals surface area contributed by atoms with Gasteiger partial charge in [0.1, 0.15) is 18.1 Å². The number of ether oxygens (including phenoxy) is 1. The summed E-state index contributed by atoms with van der Waals surface area (Å²) >= 11 is 0. The SMILES string of the molecule is CCCCC(C)NC1COc2cc(O)ccc21. The zero-order chi connectivity index (χ0) is 12.3. The second-order valence-electron chi connectivity index (χ2n) is 4.80. The molecule has 0 aliphatic carbocycles. The summed E-state index contributed by atoms with van der Waals surface area (Å²) < 4.78 is 5.57. The van der Waals surface area contributed by atoms with Crippen LogP contribution in [0.4, 0.5) is 0 Å². The van der Waals surface area contributed by atoms with Gasteiger partial charge in [-0.2, -0.15) is 0 Å². The van der Waals surface area contributed by atoms with E-state index in [0.29, 0.717) is 12.6 Å². The normalized spacial score (nSPS) is 19.8. The molecule has 1 aliphatic rings. The molecule has 2 rings (SSSR count). The molecule has 1 aliphatic heterocycles. The lowest BCUT2D eigenvalue weighted by Gasteiger charge is -2.18. The van der Waals surface area contributed by atoms with Crippen molar-refractivity contribution in [3.05, 3.63) is 23.8 Å². The molecule has 2 atom stereocenters. The Kier molecular flexibility index (Phi) is 3.89. The average Bonchev–Trinajstić information content (AvgIpc) is 2.69. The van der Waals surface area contributed by atoms with Crippen molar-refractivity contribution in [3.8, 4) is 11.5 Å². The number of fused-ring (bicyclic) bond motifs is 1. The lowest BCUT2D eigenvalue weighted by Crippen LogP contribution is -2.31. The van der Waals surface area contributed by atoms with Crippen LogP contribution in [0.2, 0.25) is 0 Å². The Bertz CT molecular complexity index is 378. The molecule has 0 spiro atoms. The summed E-state index contributed by atoms with van der Waals surface area (Å²) in [6.45, 7) is 5.09. The fourth-order valence-corrected chi connectivity index (χ4v) is 2.27. The number of unbranched alkanes of at least 4 members (excludes halogenated alkanes) is 1. The van der Waals surface area contributed by atoms with Crippen LogP contribution in [0.15, 0.2) is 18.2 Å². The molecule has 2 N–H and O–H groups in total. The topological polar surface area (TPSA) is 41.5 Å². The second kappa shape index (κ2) is 5.41. The fourth-order valence-electron chi connectivity index (χ4n) is 2.27. The molecule has 1 aromatic carbocycles. The van der Waals surface area contributed by atoms with Gasteiger partial charge in [-0.1, -0.05) is 19.8 Å². The summed E-state index contributed by atoms with van der Waals surface area (Å²) in [4.78, 5) is 0. The van der Waals surface area contributed by atoms with Gasteiger partial charge in [0.15, 0.2) is 0 Å². The number of benzene rings is 1. The van der Waals surface area contributed by atoms with Crippen molar-refractivity contribution in [1.82, 2.24) is 5.32 Å². The van der Waals surface area contributed by atoms with Crippen LogP contribution in [0.3, 0.4) is 0 Å². The molecule has 17 heavy (non-hydrogen) atoms. The highest BCUT2D eigenvalue weighted by atomic mass is 16.5. The van der Waals surface area contributed by atoms with E-state index >= 15 is 0 Å². The monoisotopic (exact) mass is 235 g/mol. The van der Waals surface area contributed by atoms with Crippen molar-refractivity contribution in [2.45, 2.75) is 45.2 Å². The van der Waals surface area contributed by atoms with Gasteiger partial charge in [0.2, 0.25) is 0 Å². The standard InChI is InChI=1S/C14H21NO2/c1-3-4-5-10(2)15-13-9-17-14-8-11(16)6-7-12(13)14/h6-8,10,13,15-16H,3-5,9H2,1-2H3. The Morgan fingerprint density at radius 1 is 1.53 bits per heavy atom. The van der Waals surface area contributed by atoms with Crippen molar-refractivity contribution in [2.24, 2.45) is 0 Å². The molecule has 2 unspecified atom stereocenters. The van der Waals surface area contributed by atoms with Gasteiger partial charge < -0.3 is 15.2 Å². The molecule has 0 saturated heterocycles. The maximum Gasteiger partial charge on any atom is 0.127 e. The van der Waals surface area contributed by atoms with Gasteiger partial charge in [-0.05, 0) is 25.5 Å². The van der Waals surface area contributed by atoms with Crippen LogP contribution in [0.25, 0.3) is 0 Å². The molecule has 94 valence electrons. The first kappa shape index (κ1) is 12.2. The number of rotatable bonds is 5. The van der Waals surface area contributed by atoms with Gasteiger partial charge in [0, 0.05) is 17.7 Å². The van der Waals surface area contributed by atoms with Gasteiger partial charge in [-0.3, -0.25) is 0 Å². The highest BCUT2D eigenvalue weighted by molar-refractivity contribution is 5.44. The van der Waals surface area contributed by atoms with E-state index in [1.165, 1.54) is 19.3 Å². The van der Waals surface area contributed by atoms with Crippen LogP contribution in [0, 0.1) is 0 Å². The van der Waals surface area contributed by atoms with E-state index in [0.717, 1.165) is 11.3 Å². The Morgan fingerprint density at radius 2 is 2.35 bits per heavy atom. The zero-order valence-corrected chi connectivity index (χ0v) is 10.6. The first-order valence-corrected chi connectivity index (χ1v) is 6.42. The summed E-state index contributed by atoms with van der Waals surface area (Å²) in [5.41, 5.74) is 1.16. The highest BCUT2D eigenvalue weighted by Crippen LogP contribution is 2.35. The number of hydrogen-bond donors (Lipinski definition) is 2. The van der Waals surface area contributed by atoms with E-state index in [2.05, 4.69) is 19.2 Å². The van der Waals surface area contributed by atoms with Gasteiger partial charge >= 0.3 is 0 Å². The quantitative estimate of drug-likeness (QED) is 0.824. The van der Waals surface area contributed by atoms with Crippen LogP contribution >= 0.6 is 0 Å². The Balaban J connectivity index is 1.97.